The van der Waals surface area contributed by atoms with E-state index in [2.05, 4.69) is 27.9 Å². The van der Waals surface area contributed by atoms with Crippen molar-refractivity contribution in [2.45, 2.75) is 54.4 Å². The van der Waals surface area contributed by atoms with Crippen molar-refractivity contribution in [3.8, 4) is 0 Å². The number of likely N-dealkylation sites (tertiary alicyclic amines) is 1. The van der Waals surface area contributed by atoms with Crippen LogP contribution >= 0.6 is 11.8 Å². The number of piperidine rings is 1. The third kappa shape index (κ3) is 5.25. The highest BCUT2D eigenvalue weighted by atomic mass is 32.2. The van der Waals surface area contributed by atoms with Crippen molar-refractivity contribution in [2.75, 3.05) is 34.2 Å². The van der Waals surface area contributed by atoms with Gasteiger partial charge in [-0.05, 0) is 39.3 Å². The van der Waals surface area contributed by atoms with Crippen LogP contribution in [-0.2, 0) is 19.2 Å². The van der Waals surface area contributed by atoms with E-state index in [1.807, 2.05) is 0 Å². The molecule has 168 valence electrons. The SMILES string of the molecule is CN1CCC2NC(C(=O)N[C@@H]3C[C@@H](C(=O)N(C)C)CC[C@@H]3NC(=O)C(=O)O)SC2C1. The van der Waals surface area contributed by atoms with Gasteiger partial charge in [0.15, 0.2) is 0 Å². The van der Waals surface area contributed by atoms with Gasteiger partial charge in [0, 0.05) is 49.9 Å². The Labute approximate surface area is 180 Å². The molecule has 0 aromatic heterocycles. The van der Waals surface area contributed by atoms with Crippen LogP contribution in [-0.4, -0.2) is 102 Å². The van der Waals surface area contributed by atoms with Gasteiger partial charge in [0.05, 0.1) is 0 Å². The average Bonchev–Trinajstić information content (AvgIpc) is 3.11. The molecule has 10 nitrogen and oxygen atoms in total. The topological polar surface area (TPSA) is 131 Å². The van der Waals surface area contributed by atoms with Crippen molar-refractivity contribution >= 4 is 35.5 Å². The first-order chi connectivity index (χ1) is 14.2. The fourth-order valence-electron chi connectivity index (χ4n) is 4.53. The van der Waals surface area contributed by atoms with Gasteiger partial charge in [-0.2, -0.15) is 0 Å². The summed E-state index contributed by atoms with van der Waals surface area (Å²) in [7, 11) is 5.45. The molecule has 2 saturated heterocycles. The molecular formula is C19H31N5O5S. The summed E-state index contributed by atoms with van der Waals surface area (Å²) in [6, 6.07) is -0.737. The second kappa shape index (κ2) is 9.52. The van der Waals surface area contributed by atoms with Crippen LogP contribution in [0.2, 0.25) is 0 Å². The van der Waals surface area contributed by atoms with E-state index in [9.17, 15) is 19.2 Å². The first kappa shape index (κ1) is 22.8. The van der Waals surface area contributed by atoms with Crippen LogP contribution in [0.3, 0.4) is 0 Å². The summed E-state index contributed by atoms with van der Waals surface area (Å²) in [5.74, 6) is -3.15. The van der Waals surface area contributed by atoms with Gasteiger partial charge in [-0.25, -0.2) is 4.79 Å². The van der Waals surface area contributed by atoms with E-state index in [0.29, 0.717) is 30.6 Å². The molecular weight excluding hydrogens is 410 g/mol. The van der Waals surface area contributed by atoms with E-state index in [0.717, 1.165) is 19.5 Å². The number of nitrogens with zero attached hydrogens (tertiary/aromatic N) is 2. The highest BCUT2D eigenvalue weighted by molar-refractivity contribution is 8.01. The summed E-state index contributed by atoms with van der Waals surface area (Å²) in [4.78, 5) is 51.9. The van der Waals surface area contributed by atoms with Gasteiger partial charge < -0.3 is 25.5 Å². The lowest BCUT2D eigenvalue weighted by Gasteiger charge is -2.37. The molecule has 3 amide bonds. The fourth-order valence-corrected chi connectivity index (χ4v) is 6.07. The third-order valence-corrected chi connectivity index (χ3v) is 7.60. The fraction of sp³-hybridized carbons (Fsp3) is 0.789. The Morgan fingerprint density at radius 3 is 2.50 bits per heavy atom. The van der Waals surface area contributed by atoms with Crippen molar-refractivity contribution in [2.24, 2.45) is 5.92 Å². The summed E-state index contributed by atoms with van der Waals surface area (Å²) in [6.45, 7) is 1.91. The summed E-state index contributed by atoms with van der Waals surface area (Å²) < 4.78 is 0. The molecule has 3 unspecified atom stereocenters. The molecule has 1 aliphatic carbocycles. The Bertz CT molecular complexity index is 705. The monoisotopic (exact) mass is 441 g/mol. The Hall–Kier alpha value is -1.85. The Kier molecular flexibility index (Phi) is 7.25. The van der Waals surface area contributed by atoms with Crippen LogP contribution < -0.4 is 16.0 Å². The molecule has 0 aromatic rings. The molecule has 0 radical (unpaired) electrons. The number of carbonyl (C=O) groups excluding carboxylic acids is 3. The predicted molar refractivity (Wildman–Crippen MR) is 112 cm³/mol. The molecule has 0 bridgehead atoms. The quantitative estimate of drug-likeness (QED) is 0.395. The lowest BCUT2D eigenvalue weighted by Crippen LogP contribution is -2.58. The van der Waals surface area contributed by atoms with E-state index in [1.54, 1.807) is 25.9 Å². The number of thioether (sulfide) groups is 1. The summed E-state index contributed by atoms with van der Waals surface area (Å²) in [5.41, 5.74) is 0. The van der Waals surface area contributed by atoms with E-state index >= 15 is 0 Å². The molecule has 0 aromatic carbocycles. The largest absolute Gasteiger partial charge is 0.474 e. The van der Waals surface area contributed by atoms with Gasteiger partial charge in [-0.1, -0.05) is 0 Å². The number of nitrogens with one attached hydrogen (secondary N) is 3. The number of aliphatic carboxylic acids is 1. The van der Waals surface area contributed by atoms with Crippen LogP contribution in [0.15, 0.2) is 0 Å². The molecule has 6 atom stereocenters. The zero-order chi connectivity index (χ0) is 22.0. The van der Waals surface area contributed by atoms with Crippen molar-refractivity contribution in [3.05, 3.63) is 0 Å². The number of fused-ring (bicyclic) bond motifs is 1. The van der Waals surface area contributed by atoms with Gasteiger partial charge in [0.1, 0.15) is 5.37 Å². The van der Waals surface area contributed by atoms with Crippen LogP contribution in [0, 0.1) is 5.92 Å². The maximum Gasteiger partial charge on any atom is 0.394 e. The van der Waals surface area contributed by atoms with Gasteiger partial charge in [0.25, 0.3) is 0 Å². The number of hydrogen-bond donors (Lipinski definition) is 4. The van der Waals surface area contributed by atoms with Crippen LogP contribution in [0.4, 0.5) is 0 Å². The molecule has 11 heteroatoms. The van der Waals surface area contributed by atoms with Gasteiger partial charge in [-0.3, -0.25) is 19.7 Å². The second-order valence-corrected chi connectivity index (χ2v) is 9.97. The molecule has 2 heterocycles. The van der Waals surface area contributed by atoms with Gasteiger partial charge in [0.2, 0.25) is 11.8 Å². The maximum atomic E-state index is 13.0. The van der Waals surface area contributed by atoms with Gasteiger partial charge >= 0.3 is 11.9 Å². The summed E-state index contributed by atoms with van der Waals surface area (Å²) in [5, 5.41) is 17.8. The summed E-state index contributed by atoms with van der Waals surface area (Å²) >= 11 is 1.61. The molecule has 4 N–H and O–H groups in total. The van der Waals surface area contributed by atoms with Crippen molar-refractivity contribution in [1.29, 1.82) is 0 Å². The minimum Gasteiger partial charge on any atom is -0.474 e. The number of carboxylic acid groups (broad SMARTS) is 1. The smallest absolute Gasteiger partial charge is 0.394 e. The van der Waals surface area contributed by atoms with Crippen LogP contribution in [0.25, 0.3) is 0 Å². The highest BCUT2D eigenvalue weighted by Crippen LogP contribution is 2.33. The number of hydrogen-bond acceptors (Lipinski definition) is 7. The second-order valence-electron chi connectivity index (χ2n) is 8.62. The molecule has 3 aliphatic rings. The van der Waals surface area contributed by atoms with Crippen molar-refractivity contribution in [3.63, 3.8) is 0 Å². The standard InChI is InChI=1S/C19H31N5O5S/c1-23(2)18(27)10-4-5-11(20-16(26)19(28)29)13(8-10)21-15(25)17-22-12-6-7-24(3)9-14(12)30-17/h10-14,17,22H,4-9H2,1-3H3,(H,20,26)(H,21,25)(H,28,29)/t10-,11-,12?,13+,14?,17?/m0/s1. The molecule has 0 spiro atoms. The molecule has 1 saturated carbocycles. The Morgan fingerprint density at radius 1 is 1.10 bits per heavy atom. The van der Waals surface area contributed by atoms with E-state index in [-0.39, 0.29) is 17.7 Å². The maximum absolute atomic E-state index is 13.0. The van der Waals surface area contributed by atoms with E-state index < -0.39 is 29.3 Å². The van der Waals surface area contributed by atoms with Crippen molar-refractivity contribution in [1.82, 2.24) is 25.8 Å². The highest BCUT2D eigenvalue weighted by Gasteiger charge is 2.42. The number of amides is 3. The lowest BCUT2D eigenvalue weighted by atomic mass is 9.81. The average molecular weight is 442 g/mol. The lowest BCUT2D eigenvalue weighted by molar-refractivity contribution is -0.151. The minimum atomic E-state index is -1.56. The zero-order valence-corrected chi connectivity index (χ0v) is 18.4. The first-order valence-corrected chi connectivity index (χ1v) is 11.3. The molecule has 3 fully saturated rings. The minimum absolute atomic E-state index is 0.0281. The zero-order valence-electron chi connectivity index (χ0n) is 17.6. The van der Waals surface area contributed by atoms with Gasteiger partial charge in [-0.15, -0.1) is 11.8 Å². The Morgan fingerprint density at radius 2 is 1.83 bits per heavy atom. The molecule has 30 heavy (non-hydrogen) atoms. The normalized spacial score (nSPS) is 34.0. The number of carboxylic acids is 1. The van der Waals surface area contributed by atoms with Crippen LogP contribution in [0.5, 0.6) is 0 Å². The predicted octanol–water partition coefficient (Wildman–Crippen LogP) is -1.34. The first-order valence-electron chi connectivity index (χ1n) is 10.3. The number of rotatable bonds is 4. The molecule has 2 aliphatic heterocycles. The summed E-state index contributed by atoms with van der Waals surface area (Å²) in [6.07, 6.45) is 2.30. The van der Waals surface area contributed by atoms with E-state index in [4.69, 9.17) is 5.11 Å². The number of carbonyl (C=O) groups is 4. The van der Waals surface area contributed by atoms with E-state index in [1.165, 1.54) is 4.90 Å². The molecule has 3 rings (SSSR count). The van der Waals surface area contributed by atoms with Crippen molar-refractivity contribution < 1.29 is 24.3 Å². The van der Waals surface area contributed by atoms with Crippen LogP contribution in [0.1, 0.15) is 25.7 Å². The third-order valence-electron chi connectivity index (χ3n) is 6.16. The Balaban J connectivity index is 1.66.